The van der Waals surface area contributed by atoms with E-state index in [0.717, 1.165) is 33.2 Å². The molecule has 0 amide bonds. The fourth-order valence-electron chi connectivity index (χ4n) is 3.75. The summed E-state index contributed by atoms with van der Waals surface area (Å²) in [7, 11) is 0. The molecule has 0 aliphatic heterocycles. The topological polar surface area (TPSA) is 4.93 Å². The number of rotatable bonds is 2. The highest BCUT2D eigenvalue weighted by molar-refractivity contribution is 6.30. The van der Waals surface area contributed by atoms with E-state index in [1.807, 2.05) is 66.7 Å². The molecule has 0 saturated heterocycles. The van der Waals surface area contributed by atoms with Crippen LogP contribution in [0.3, 0.4) is 0 Å². The van der Waals surface area contributed by atoms with Gasteiger partial charge in [-0.25, -0.2) is 4.39 Å². The lowest BCUT2D eigenvalue weighted by molar-refractivity contribution is 0.640. The monoisotopic (exact) mass is 371 g/mol. The summed E-state index contributed by atoms with van der Waals surface area (Å²) in [6, 6.07) is 29.2. The number of hydrogen-bond acceptors (Lipinski definition) is 0. The van der Waals surface area contributed by atoms with Gasteiger partial charge in [0.25, 0.3) is 0 Å². The first-order chi connectivity index (χ1) is 13.2. The Morgan fingerprint density at radius 1 is 0.667 bits per heavy atom. The molecule has 4 aromatic carbocycles. The summed E-state index contributed by atoms with van der Waals surface area (Å²) >= 11 is 6.16. The predicted octanol–water partition coefficient (Wildman–Crippen LogP) is 7.24. The number of benzene rings is 4. The molecule has 0 atom stereocenters. The van der Waals surface area contributed by atoms with Crippen molar-refractivity contribution in [2.45, 2.75) is 0 Å². The summed E-state index contributed by atoms with van der Waals surface area (Å²) in [5.74, 6) is -0.201. The number of fused-ring (bicyclic) bond motifs is 3. The van der Waals surface area contributed by atoms with Gasteiger partial charge in [0.2, 0.25) is 0 Å². The molecule has 1 aromatic heterocycles. The van der Waals surface area contributed by atoms with Crippen LogP contribution >= 0.6 is 11.6 Å². The van der Waals surface area contributed by atoms with Gasteiger partial charge in [0.1, 0.15) is 5.82 Å². The standard InChI is InChI=1S/C24H15ClFN/c25-18-8-3-6-16(14-18)17-7-4-9-19(15-17)27-22-12-2-1-10-20(22)24-21(26)11-5-13-23(24)27/h1-15H. The number of hydrogen-bond donors (Lipinski definition) is 0. The van der Waals surface area contributed by atoms with Crippen molar-refractivity contribution in [3.8, 4) is 16.8 Å². The number of para-hydroxylation sites is 1. The molecule has 5 aromatic rings. The van der Waals surface area contributed by atoms with E-state index in [4.69, 9.17) is 11.6 Å². The molecular formula is C24H15ClFN. The van der Waals surface area contributed by atoms with Crippen LogP contribution in [-0.4, -0.2) is 4.57 Å². The molecule has 5 rings (SSSR count). The van der Waals surface area contributed by atoms with Gasteiger partial charge in [0, 0.05) is 21.5 Å². The molecule has 0 fully saturated rings. The van der Waals surface area contributed by atoms with Crippen LogP contribution in [0.2, 0.25) is 5.02 Å². The van der Waals surface area contributed by atoms with E-state index >= 15 is 0 Å². The summed E-state index contributed by atoms with van der Waals surface area (Å²) in [5, 5.41) is 2.27. The van der Waals surface area contributed by atoms with Crippen molar-refractivity contribution < 1.29 is 4.39 Å². The van der Waals surface area contributed by atoms with Crippen LogP contribution in [0.15, 0.2) is 91.0 Å². The molecule has 130 valence electrons. The fourth-order valence-corrected chi connectivity index (χ4v) is 3.94. The third kappa shape index (κ3) is 2.61. The Morgan fingerprint density at radius 2 is 1.37 bits per heavy atom. The van der Waals surface area contributed by atoms with E-state index < -0.39 is 0 Å². The van der Waals surface area contributed by atoms with Gasteiger partial charge in [-0.3, -0.25) is 0 Å². The third-order valence-electron chi connectivity index (χ3n) is 4.91. The van der Waals surface area contributed by atoms with E-state index in [1.54, 1.807) is 6.07 Å². The number of aromatic nitrogens is 1. The second-order valence-electron chi connectivity index (χ2n) is 6.55. The van der Waals surface area contributed by atoms with Gasteiger partial charge in [-0.05, 0) is 53.6 Å². The largest absolute Gasteiger partial charge is 0.309 e. The molecule has 0 saturated carbocycles. The van der Waals surface area contributed by atoms with Crippen molar-refractivity contribution in [2.75, 3.05) is 0 Å². The molecule has 1 nitrogen and oxygen atoms in total. The van der Waals surface area contributed by atoms with Crippen LogP contribution in [0.1, 0.15) is 0 Å². The van der Waals surface area contributed by atoms with Crippen molar-refractivity contribution in [1.82, 2.24) is 4.57 Å². The van der Waals surface area contributed by atoms with Gasteiger partial charge < -0.3 is 4.57 Å². The summed E-state index contributed by atoms with van der Waals surface area (Å²) in [5.41, 5.74) is 4.96. The Balaban J connectivity index is 1.81. The summed E-state index contributed by atoms with van der Waals surface area (Å²) in [4.78, 5) is 0. The Labute approximate surface area is 161 Å². The first-order valence-electron chi connectivity index (χ1n) is 8.76. The highest BCUT2D eigenvalue weighted by Gasteiger charge is 2.15. The van der Waals surface area contributed by atoms with Crippen molar-refractivity contribution in [2.24, 2.45) is 0 Å². The van der Waals surface area contributed by atoms with E-state index in [-0.39, 0.29) is 5.82 Å². The van der Waals surface area contributed by atoms with Gasteiger partial charge >= 0.3 is 0 Å². The average molecular weight is 372 g/mol. The number of halogens is 2. The Kier molecular flexibility index (Phi) is 3.73. The Bertz CT molecular complexity index is 1300. The predicted molar refractivity (Wildman–Crippen MR) is 111 cm³/mol. The quantitative estimate of drug-likeness (QED) is 0.308. The van der Waals surface area contributed by atoms with Crippen LogP contribution in [-0.2, 0) is 0 Å². The molecule has 1 heterocycles. The van der Waals surface area contributed by atoms with Crippen molar-refractivity contribution in [3.63, 3.8) is 0 Å². The molecule has 27 heavy (non-hydrogen) atoms. The van der Waals surface area contributed by atoms with E-state index in [0.29, 0.717) is 10.4 Å². The zero-order chi connectivity index (χ0) is 18.4. The van der Waals surface area contributed by atoms with Gasteiger partial charge in [0.05, 0.1) is 11.0 Å². The maximum absolute atomic E-state index is 14.6. The lowest BCUT2D eigenvalue weighted by atomic mass is 10.1. The highest BCUT2D eigenvalue weighted by Crippen LogP contribution is 2.34. The van der Waals surface area contributed by atoms with E-state index in [1.165, 1.54) is 6.07 Å². The summed E-state index contributed by atoms with van der Waals surface area (Å²) < 4.78 is 16.7. The molecule has 0 bridgehead atoms. The molecule has 0 aliphatic carbocycles. The zero-order valence-corrected chi connectivity index (χ0v) is 15.1. The molecule has 3 heteroatoms. The molecule has 0 N–H and O–H groups in total. The molecule has 0 radical (unpaired) electrons. The number of nitrogens with zero attached hydrogens (tertiary/aromatic N) is 1. The fraction of sp³-hybridized carbons (Fsp3) is 0. The van der Waals surface area contributed by atoms with E-state index in [2.05, 4.69) is 16.7 Å². The minimum absolute atomic E-state index is 0.201. The maximum Gasteiger partial charge on any atom is 0.133 e. The molecule has 0 spiro atoms. The van der Waals surface area contributed by atoms with Crippen LogP contribution < -0.4 is 0 Å². The first-order valence-corrected chi connectivity index (χ1v) is 9.14. The summed E-state index contributed by atoms with van der Waals surface area (Å²) in [6.45, 7) is 0. The van der Waals surface area contributed by atoms with Gasteiger partial charge in [0.15, 0.2) is 0 Å². The highest BCUT2D eigenvalue weighted by atomic mass is 35.5. The van der Waals surface area contributed by atoms with Crippen molar-refractivity contribution >= 4 is 33.4 Å². The first kappa shape index (κ1) is 16.1. The normalized spacial score (nSPS) is 11.3. The maximum atomic E-state index is 14.6. The van der Waals surface area contributed by atoms with Crippen LogP contribution in [0, 0.1) is 5.82 Å². The summed E-state index contributed by atoms with van der Waals surface area (Å²) in [6.07, 6.45) is 0. The average Bonchev–Trinajstić information content (AvgIpc) is 3.04. The SMILES string of the molecule is Fc1cccc2c1c1ccccc1n2-c1cccc(-c2cccc(Cl)c2)c1. The molecular weight excluding hydrogens is 357 g/mol. The molecule has 0 aliphatic rings. The van der Waals surface area contributed by atoms with Crippen molar-refractivity contribution in [1.29, 1.82) is 0 Å². The van der Waals surface area contributed by atoms with Gasteiger partial charge in [-0.15, -0.1) is 0 Å². The minimum Gasteiger partial charge on any atom is -0.309 e. The van der Waals surface area contributed by atoms with Gasteiger partial charge in [-0.2, -0.15) is 0 Å². The van der Waals surface area contributed by atoms with Crippen LogP contribution in [0.4, 0.5) is 4.39 Å². The lowest BCUT2D eigenvalue weighted by Crippen LogP contribution is -1.94. The van der Waals surface area contributed by atoms with Crippen LogP contribution in [0.5, 0.6) is 0 Å². The minimum atomic E-state index is -0.201. The van der Waals surface area contributed by atoms with Crippen LogP contribution in [0.25, 0.3) is 38.6 Å². The van der Waals surface area contributed by atoms with Crippen molar-refractivity contribution in [3.05, 3.63) is 102 Å². The second kappa shape index (κ2) is 6.26. The third-order valence-corrected chi connectivity index (χ3v) is 5.14. The molecule has 0 unspecified atom stereocenters. The smallest absolute Gasteiger partial charge is 0.133 e. The zero-order valence-electron chi connectivity index (χ0n) is 14.4. The van der Waals surface area contributed by atoms with Gasteiger partial charge in [-0.1, -0.05) is 60.1 Å². The van der Waals surface area contributed by atoms with E-state index in [9.17, 15) is 4.39 Å². The Hall–Kier alpha value is -3.10. The second-order valence-corrected chi connectivity index (χ2v) is 6.98. The lowest BCUT2D eigenvalue weighted by Gasteiger charge is -2.10. The Morgan fingerprint density at radius 3 is 2.22 bits per heavy atom.